The molecule has 2 N–H and O–H groups in total. The SMILES string of the molecule is CCNC(=NCc1nccn1C(F)F)NC1CCc2nc(COC)nn2C1. The minimum absolute atomic E-state index is 0.0615. The molecule has 148 valence electrons. The third-order valence-electron chi connectivity index (χ3n) is 4.20. The van der Waals surface area contributed by atoms with E-state index in [4.69, 9.17) is 4.74 Å². The molecule has 0 spiro atoms. The largest absolute Gasteiger partial charge is 0.377 e. The molecule has 1 aliphatic rings. The van der Waals surface area contributed by atoms with Gasteiger partial charge in [0.1, 0.15) is 24.8 Å². The molecule has 11 heteroatoms. The van der Waals surface area contributed by atoms with Crippen molar-refractivity contribution in [2.24, 2.45) is 4.99 Å². The number of hydrogen-bond donors (Lipinski definition) is 2. The highest BCUT2D eigenvalue weighted by molar-refractivity contribution is 5.80. The van der Waals surface area contributed by atoms with Crippen molar-refractivity contribution in [3.05, 3.63) is 29.9 Å². The quantitative estimate of drug-likeness (QED) is 0.550. The van der Waals surface area contributed by atoms with Crippen LogP contribution in [0.15, 0.2) is 17.4 Å². The molecule has 1 atom stereocenters. The first-order valence-corrected chi connectivity index (χ1v) is 8.87. The van der Waals surface area contributed by atoms with Gasteiger partial charge >= 0.3 is 6.55 Å². The average molecular weight is 382 g/mol. The fraction of sp³-hybridized carbons (Fsp3) is 0.625. The van der Waals surface area contributed by atoms with Crippen LogP contribution >= 0.6 is 0 Å². The Morgan fingerprint density at radius 1 is 1.48 bits per heavy atom. The predicted octanol–water partition coefficient (Wildman–Crippen LogP) is 1.09. The standard InChI is InChI=1S/C16H24F2N8O/c1-3-19-16(21-8-14-20-6-7-25(14)15(17)18)22-11-4-5-13-23-12(10-27-2)24-26(13)9-11/h6-7,11,15H,3-5,8-10H2,1-2H3,(H2,19,21,22). The van der Waals surface area contributed by atoms with E-state index in [0.717, 1.165) is 23.2 Å². The zero-order valence-electron chi connectivity index (χ0n) is 15.4. The Kier molecular flexibility index (Phi) is 6.32. The lowest BCUT2D eigenvalue weighted by atomic mass is 10.1. The minimum atomic E-state index is -2.63. The summed E-state index contributed by atoms with van der Waals surface area (Å²) in [6.07, 6.45) is 4.27. The molecule has 0 aromatic carbocycles. The zero-order valence-corrected chi connectivity index (χ0v) is 15.4. The number of guanidine groups is 1. The fourth-order valence-corrected chi connectivity index (χ4v) is 2.98. The number of ether oxygens (including phenoxy) is 1. The van der Waals surface area contributed by atoms with Gasteiger partial charge in [-0.3, -0.25) is 4.57 Å². The van der Waals surface area contributed by atoms with E-state index in [-0.39, 0.29) is 18.4 Å². The number of nitrogens with one attached hydrogen (secondary N) is 2. The molecule has 0 bridgehead atoms. The molecule has 0 aliphatic carbocycles. The molecular formula is C16H24F2N8O. The number of aryl methyl sites for hydroxylation is 1. The molecule has 3 heterocycles. The maximum Gasteiger partial charge on any atom is 0.319 e. The number of imidazole rings is 1. The van der Waals surface area contributed by atoms with Crippen molar-refractivity contribution in [2.75, 3.05) is 13.7 Å². The number of nitrogens with zero attached hydrogens (tertiary/aromatic N) is 6. The van der Waals surface area contributed by atoms with Crippen molar-refractivity contribution < 1.29 is 13.5 Å². The van der Waals surface area contributed by atoms with Gasteiger partial charge in [0.25, 0.3) is 0 Å². The smallest absolute Gasteiger partial charge is 0.319 e. The van der Waals surface area contributed by atoms with E-state index < -0.39 is 6.55 Å². The summed E-state index contributed by atoms with van der Waals surface area (Å²) in [5.74, 6) is 2.40. The van der Waals surface area contributed by atoms with Crippen molar-refractivity contribution in [1.82, 2.24) is 34.9 Å². The van der Waals surface area contributed by atoms with Gasteiger partial charge in [0.15, 0.2) is 11.8 Å². The maximum atomic E-state index is 12.9. The van der Waals surface area contributed by atoms with E-state index in [1.807, 2.05) is 11.6 Å². The molecular weight excluding hydrogens is 358 g/mol. The van der Waals surface area contributed by atoms with Crippen molar-refractivity contribution >= 4 is 5.96 Å². The molecule has 1 aliphatic heterocycles. The summed E-state index contributed by atoms with van der Waals surface area (Å²) in [6, 6.07) is 0.113. The molecule has 0 saturated heterocycles. The third kappa shape index (κ3) is 4.79. The molecule has 27 heavy (non-hydrogen) atoms. The van der Waals surface area contributed by atoms with E-state index in [2.05, 4.69) is 30.7 Å². The van der Waals surface area contributed by atoms with Gasteiger partial charge in [-0.15, -0.1) is 0 Å². The zero-order chi connectivity index (χ0) is 19.2. The number of alkyl halides is 2. The molecule has 1 unspecified atom stereocenters. The molecule has 0 fully saturated rings. The first-order valence-electron chi connectivity index (χ1n) is 8.87. The lowest BCUT2D eigenvalue weighted by molar-refractivity contribution is 0.0671. The first kappa shape index (κ1) is 19.2. The molecule has 0 radical (unpaired) electrons. The van der Waals surface area contributed by atoms with Crippen LogP contribution in [0, 0.1) is 0 Å². The second kappa shape index (κ2) is 8.89. The Balaban J connectivity index is 1.64. The van der Waals surface area contributed by atoms with E-state index in [9.17, 15) is 8.78 Å². The van der Waals surface area contributed by atoms with Crippen LogP contribution in [0.3, 0.4) is 0 Å². The Morgan fingerprint density at radius 2 is 2.33 bits per heavy atom. The van der Waals surface area contributed by atoms with Gasteiger partial charge in [-0.1, -0.05) is 0 Å². The number of fused-ring (bicyclic) bond motifs is 1. The molecule has 2 aromatic heterocycles. The average Bonchev–Trinajstić information content (AvgIpc) is 3.26. The Labute approximate surface area is 155 Å². The Morgan fingerprint density at radius 3 is 3.07 bits per heavy atom. The highest BCUT2D eigenvalue weighted by atomic mass is 19.3. The van der Waals surface area contributed by atoms with Crippen molar-refractivity contribution in [1.29, 1.82) is 0 Å². The predicted molar refractivity (Wildman–Crippen MR) is 94.3 cm³/mol. The van der Waals surface area contributed by atoms with Gasteiger partial charge < -0.3 is 15.4 Å². The molecule has 0 amide bonds. The Hall–Kier alpha value is -2.56. The molecule has 2 aromatic rings. The van der Waals surface area contributed by atoms with Crippen LogP contribution in [0.2, 0.25) is 0 Å². The fourth-order valence-electron chi connectivity index (χ4n) is 2.98. The molecule has 9 nitrogen and oxygen atoms in total. The number of aliphatic imine (C=N–C) groups is 1. The highest BCUT2D eigenvalue weighted by Gasteiger charge is 2.22. The van der Waals surface area contributed by atoms with Gasteiger partial charge in [-0.2, -0.15) is 13.9 Å². The van der Waals surface area contributed by atoms with Gasteiger partial charge in [0.2, 0.25) is 0 Å². The summed E-state index contributed by atoms with van der Waals surface area (Å²) < 4.78 is 33.6. The summed E-state index contributed by atoms with van der Waals surface area (Å²) in [7, 11) is 1.61. The lowest BCUT2D eigenvalue weighted by Gasteiger charge is -2.25. The second-order valence-electron chi connectivity index (χ2n) is 6.16. The van der Waals surface area contributed by atoms with Crippen LogP contribution < -0.4 is 10.6 Å². The van der Waals surface area contributed by atoms with Crippen LogP contribution in [0.1, 0.15) is 37.4 Å². The summed E-state index contributed by atoms with van der Waals surface area (Å²) in [5.41, 5.74) is 0. The normalized spacial score (nSPS) is 17.2. The summed E-state index contributed by atoms with van der Waals surface area (Å²) >= 11 is 0. The number of rotatable bonds is 7. The van der Waals surface area contributed by atoms with Crippen LogP contribution in [0.4, 0.5) is 8.78 Å². The first-order chi connectivity index (χ1) is 13.1. The van der Waals surface area contributed by atoms with Crippen molar-refractivity contribution in [3.8, 4) is 0 Å². The summed E-state index contributed by atoms with van der Waals surface area (Å²) in [5, 5.41) is 10.9. The van der Waals surface area contributed by atoms with E-state index in [1.165, 1.54) is 12.4 Å². The number of hydrogen-bond acceptors (Lipinski definition) is 5. The van der Waals surface area contributed by atoms with Gasteiger partial charge in [0, 0.05) is 38.5 Å². The van der Waals surface area contributed by atoms with E-state index in [0.29, 0.717) is 31.5 Å². The number of methoxy groups -OCH3 is 1. The maximum absolute atomic E-state index is 12.9. The molecule has 3 rings (SSSR count). The highest BCUT2D eigenvalue weighted by Crippen LogP contribution is 2.14. The number of halogens is 2. The molecule has 0 saturated carbocycles. The third-order valence-corrected chi connectivity index (χ3v) is 4.20. The van der Waals surface area contributed by atoms with Gasteiger partial charge in [0.05, 0.1) is 6.54 Å². The van der Waals surface area contributed by atoms with Crippen LogP contribution in [-0.4, -0.2) is 50.0 Å². The Bertz CT molecular complexity index is 772. The summed E-state index contributed by atoms with van der Waals surface area (Å²) in [4.78, 5) is 12.8. The topological polar surface area (TPSA) is 94.2 Å². The van der Waals surface area contributed by atoms with Crippen molar-refractivity contribution in [2.45, 2.75) is 52.1 Å². The number of aromatic nitrogens is 5. The lowest BCUT2D eigenvalue weighted by Crippen LogP contribution is -2.47. The van der Waals surface area contributed by atoms with Crippen LogP contribution in [-0.2, 0) is 30.9 Å². The van der Waals surface area contributed by atoms with E-state index >= 15 is 0 Å². The summed E-state index contributed by atoms with van der Waals surface area (Å²) in [6.45, 7) is 1.09. The van der Waals surface area contributed by atoms with Gasteiger partial charge in [-0.05, 0) is 13.3 Å². The van der Waals surface area contributed by atoms with E-state index in [1.54, 1.807) is 7.11 Å². The van der Waals surface area contributed by atoms with Crippen molar-refractivity contribution in [3.63, 3.8) is 0 Å². The second-order valence-corrected chi connectivity index (χ2v) is 6.16. The van der Waals surface area contributed by atoms with Gasteiger partial charge in [-0.25, -0.2) is 19.6 Å². The minimum Gasteiger partial charge on any atom is -0.377 e. The van der Waals surface area contributed by atoms with Crippen LogP contribution in [0.25, 0.3) is 0 Å². The van der Waals surface area contributed by atoms with Crippen LogP contribution in [0.5, 0.6) is 0 Å². The monoisotopic (exact) mass is 382 g/mol.